The minimum Gasteiger partial charge on any atom is -0.264 e. The van der Waals surface area contributed by atoms with E-state index in [2.05, 4.69) is 42.7 Å². The lowest BCUT2D eigenvalue weighted by Gasteiger charge is -2.21. The standard InChI is InChI=1S/C24H26ClN3O2S/c1-24(2,3)18-10-12-19(13-11-18)31(29,30)27-23-15-14-20(25)22-16-21(26-28(22)23)17-8-6-4-5-7-9-17/h4-6,8-13,15-16,20,27H,7,14H2,1-3H3. The van der Waals surface area contributed by atoms with Crippen LogP contribution in [0.4, 0.5) is 0 Å². The van der Waals surface area contributed by atoms with Gasteiger partial charge in [-0.3, -0.25) is 4.72 Å². The number of nitrogens with zero attached hydrogens (tertiary/aromatic N) is 2. The van der Waals surface area contributed by atoms with Crippen LogP contribution in [0.2, 0.25) is 0 Å². The molecule has 2 aromatic rings. The van der Waals surface area contributed by atoms with E-state index in [1.165, 1.54) is 0 Å². The van der Waals surface area contributed by atoms with Crippen molar-refractivity contribution in [3.63, 3.8) is 0 Å². The first-order chi connectivity index (χ1) is 14.6. The number of aromatic nitrogens is 2. The Morgan fingerprint density at radius 3 is 2.58 bits per heavy atom. The van der Waals surface area contributed by atoms with Crippen LogP contribution in [0.15, 0.2) is 71.7 Å². The predicted octanol–water partition coefficient (Wildman–Crippen LogP) is 5.54. The summed E-state index contributed by atoms with van der Waals surface area (Å²) in [5.74, 6) is 0.398. The van der Waals surface area contributed by atoms with E-state index in [4.69, 9.17) is 11.6 Å². The fourth-order valence-corrected chi connectivity index (χ4v) is 4.86. The zero-order valence-electron chi connectivity index (χ0n) is 17.8. The van der Waals surface area contributed by atoms with Crippen LogP contribution < -0.4 is 4.72 Å². The minimum absolute atomic E-state index is 0.0476. The SMILES string of the molecule is CC(C)(C)c1ccc(S(=O)(=O)NC2=CCC(Cl)c3cc(C4=CCC=CC=C4)nn32)cc1. The Kier molecular flexibility index (Phi) is 5.71. The topological polar surface area (TPSA) is 64.0 Å². The molecule has 0 saturated heterocycles. The predicted molar refractivity (Wildman–Crippen MR) is 126 cm³/mol. The fraction of sp³-hybridized carbons (Fsp3) is 0.292. The number of hydrogen-bond acceptors (Lipinski definition) is 3. The van der Waals surface area contributed by atoms with Crippen LogP contribution >= 0.6 is 11.6 Å². The molecule has 0 spiro atoms. The second-order valence-electron chi connectivity index (χ2n) is 8.72. The van der Waals surface area contributed by atoms with Gasteiger partial charge >= 0.3 is 0 Å². The monoisotopic (exact) mass is 455 g/mol. The van der Waals surface area contributed by atoms with Crippen LogP contribution in [0, 0.1) is 0 Å². The normalized spacial score (nSPS) is 18.8. The van der Waals surface area contributed by atoms with Crippen LogP contribution in [-0.2, 0) is 15.4 Å². The third-order valence-corrected chi connectivity index (χ3v) is 7.14. The maximum absolute atomic E-state index is 13.0. The average Bonchev–Trinajstić information content (AvgIpc) is 2.99. The number of benzene rings is 1. The summed E-state index contributed by atoms with van der Waals surface area (Å²) in [6, 6.07) is 8.92. The molecule has 0 bridgehead atoms. The number of rotatable bonds is 4. The lowest BCUT2D eigenvalue weighted by atomic mass is 9.87. The largest absolute Gasteiger partial charge is 0.264 e. The van der Waals surface area contributed by atoms with Crippen molar-refractivity contribution in [2.45, 2.75) is 49.3 Å². The Morgan fingerprint density at radius 1 is 1.13 bits per heavy atom. The first kappa shape index (κ1) is 21.7. The lowest BCUT2D eigenvalue weighted by Crippen LogP contribution is -2.28. The highest BCUT2D eigenvalue weighted by molar-refractivity contribution is 7.89. The van der Waals surface area contributed by atoms with Gasteiger partial charge in [0.25, 0.3) is 10.0 Å². The molecular formula is C24H26ClN3O2S. The van der Waals surface area contributed by atoms with Crippen LogP contribution in [0.3, 0.4) is 0 Å². The number of allylic oxidation sites excluding steroid dienone is 7. The van der Waals surface area contributed by atoms with E-state index in [9.17, 15) is 8.42 Å². The van der Waals surface area contributed by atoms with Crippen LogP contribution in [0.25, 0.3) is 11.4 Å². The van der Waals surface area contributed by atoms with E-state index in [-0.39, 0.29) is 15.7 Å². The Bertz CT molecular complexity index is 1210. The van der Waals surface area contributed by atoms with Crippen LogP contribution in [-0.4, -0.2) is 18.2 Å². The molecule has 1 aromatic heterocycles. The molecule has 7 heteroatoms. The maximum atomic E-state index is 13.0. The molecule has 2 aliphatic rings. The van der Waals surface area contributed by atoms with Gasteiger partial charge in [-0.05, 0) is 53.7 Å². The molecule has 1 aliphatic carbocycles. The van der Waals surface area contributed by atoms with Gasteiger partial charge in [-0.1, -0.05) is 63.3 Å². The molecule has 0 fully saturated rings. The first-order valence-electron chi connectivity index (χ1n) is 10.3. The summed E-state index contributed by atoms with van der Waals surface area (Å²) in [7, 11) is -3.76. The van der Waals surface area contributed by atoms with Crippen molar-refractivity contribution in [2.24, 2.45) is 0 Å². The molecule has 4 rings (SSSR count). The molecular weight excluding hydrogens is 430 g/mol. The molecule has 1 N–H and O–H groups in total. The van der Waals surface area contributed by atoms with Crippen molar-refractivity contribution >= 4 is 33.0 Å². The summed E-state index contributed by atoms with van der Waals surface area (Å²) in [5, 5.41) is 4.39. The van der Waals surface area contributed by atoms with Gasteiger partial charge in [0.05, 0.1) is 21.7 Å². The van der Waals surface area contributed by atoms with Crippen molar-refractivity contribution < 1.29 is 8.42 Å². The molecule has 1 atom stereocenters. The summed E-state index contributed by atoms with van der Waals surface area (Å²) >= 11 is 6.51. The number of fused-ring (bicyclic) bond motifs is 1. The summed E-state index contributed by atoms with van der Waals surface area (Å²) in [6.45, 7) is 6.28. The molecule has 1 aromatic carbocycles. The van der Waals surface area contributed by atoms with Crippen molar-refractivity contribution in [3.8, 4) is 0 Å². The summed E-state index contributed by atoms with van der Waals surface area (Å²) in [5.41, 5.74) is 3.55. The van der Waals surface area contributed by atoms with E-state index in [0.29, 0.717) is 12.2 Å². The Hall–Kier alpha value is -2.57. The van der Waals surface area contributed by atoms with Gasteiger partial charge in [0.1, 0.15) is 5.82 Å². The highest BCUT2D eigenvalue weighted by Gasteiger charge is 2.26. The van der Waals surface area contributed by atoms with Crippen LogP contribution in [0.1, 0.15) is 55.9 Å². The lowest BCUT2D eigenvalue weighted by molar-refractivity contribution is 0.583. The quantitative estimate of drug-likeness (QED) is 0.615. The van der Waals surface area contributed by atoms with E-state index in [1.807, 2.05) is 36.4 Å². The Morgan fingerprint density at radius 2 is 1.87 bits per heavy atom. The molecule has 1 aliphatic heterocycles. The Labute approximate surface area is 188 Å². The Balaban J connectivity index is 1.63. The smallest absolute Gasteiger partial charge is 0.263 e. The number of hydrogen-bond donors (Lipinski definition) is 1. The molecule has 2 heterocycles. The molecule has 0 saturated carbocycles. The second kappa shape index (κ2) is 8.17. The van der Waals surface area contributed by atoms with Gasteiger partial charge in [-0.15, -0.1) is 11.6 Å². The molecule has 0 radical (unpaired) electrons. The average molecular weight is 456 g/mol. The first-order valence-corrected chi connectivity index (χ1v) is 12.2. The van der Waals surface area contributed by atoms with Gasteiger partial charge < -0.3 is 0 Å². The van der Waals surface area contributed by atoms with Gasteiger partial charge in [-0.2, -0.15) is 5.10 Å². The zero-order valence-corrected chi connectivity index (χ0v) is 19.4. The van der Waals surface area contributed by atoms with E-state index in [0.717, 1.165) is 28.9 Å². The molecule has 31 heavy (non-hydrogen) atoms. The second-order valence-corrected chi connectivity index (χ2v) is 10.9. The molecule has 1 unspecified atom stereocenters. The highest BCUT2D eigenvalue weighted by atomic mass is 35.5. The zero-order chi connectivity index (χ0) is 22.2. The molecule has 0 amide bonds. The van der Waals surface area contributed by atoms with Gasteiger partial charge in [-0.25, -0.2) is 13.1 Å². The van der Waals surface area contributed by atoms with Crippen molar-refractivity contribution in [1.82, 2.24) is 14.5 Å². The maximum Gasteiger partial charge on any atom is 0.263 e. The van der Waals surface area contributed by atoms with Gasteiger partial charge in [0.2, 0.25) is 0 Å². The molecule has 5 nitrogen and oxygen atoms in total. The number of nitrogens with one attached hydrogen (secondary N) is 1. The van der Waals surface area contributed by atoms with E-state index >= 15 is 0 Å². The van der Waals surface area contributed by atoms with E-state index in [1.54, 1.807) is 22.9 Å². The van der Waals surface area contributed by atoms with Gasteiger partial charge in [0, 0.05) is 0 Å². The van der Waals surface area contributed by atoms with Crippen molar-refractivity contribution in [3.05, 3.63) is 83.7 Å². The van der Waals surface area contributed by atoms with E-state index < -0.39 is 10.0 Å². The fourth-order valence-electron chi connectivity index (χ4n) is 3.56. The van der Waals surface area contributed by atoms with Gasteiger partial charge in [0.15, 0.2) is 0 Å². The number of sulfonamides is 1. The third kappa shape index (κ3) is 4.55. The van der Waals surface area contributed by atoms with Crippen molar-refractivity contribution in [2.75, 3.05) is 0 Å². The number of halogens is 1. The minimum atomic E-state index is -3.76. The van der Waals surface area contributed by atoms with Crippen molar-refractivity contribution in [1.29, 1.82) is 0 Å². The summed E-state index contributed by atoms with van der Waals surface area (Å²) in [4.78, 5) is 0.212. The number of alkyl halides is 1. The summed E-state index contributed by atoms with van der Waals surface area (Å²) in [6.07, 6.45) is 13.2. The summed E-state index contributed by atoms with van der Waals surface area (Å²) < 4.78 is 30.4. The highest BCUT2D eigenvalue weighted by Crippen LogP contribution is 2.34. The molecule has 162 valence electrons. The third-order valence-electron chi connectivity index (χ3n) is 5.37. The van der Waals surface area contributed by atoms with Crippen LogP contribution in [0.5, 0.6) is 0 Å².